The zero-order valence-corrected chi connectivity index (χ0v) is 10.3. The van der Waals surface area contributed by atoms with E-state index >= 15 is 0 Å². The number of imidazole rings is 1. The van der Waals surface area contributed by atoms with Crippen molar-refractivity contribution in [3.05, 3.63) is 54.1 Å². The Morgan fingerprint density at radius 1 is 1.16 bits per heavy atom. The zero-order valence-electron chi connectivity index (χ0n) is 10.3. The second-order valence-electron chi connectivity index (χ2n) is 4.17. The summed E-state index contributed by atoms with van der Waals surface area (Å²) in [6.07, 6.45) is 5.39. The molecule has 0 saturated heterocycles. The summed E-state index contributed by atoms with van der Waals surface area (Å²) in [6.45, 7) is 1.13. The maximum absolute atomic E-state index is 5.56. The number of hydrogen-bond donors (Lipinski definition) is 2. The Balaban J connectivity index is 1.78. The lowest BCUT2D eigenvalue weighted by molar-refractivity contribution is 0.919. The lowest BCUT2D eigenvalue weighted by atomic mass is 10.3. The van der Waals surface area contributed by atoms with E-state index in [2.05, 4.69) is 20.4 Å². The molecule has 0 aliphatic carbocycles. The average molecular weight is 254 g/mol. The Bertz CT molecular complexity index is 676. The van der Waals surface area contributed by atoms with Crippen LogP contribution in [0.1, 0.15) is 11.3 Å². The van der Waals surface area contributed by atoms with Crippen molar-refractivity contribution < 1.29 is 0 Å². The van der Waals surface area contributed by atoms with Crippen LogP contribution in [0.25, 0.3) is 5.65 Å². The van der Waals surface area contributed by atoms with Crippen molar-refractivity contribution in [1.82, 2.24) is 19.6 Å². The van der Waals surface area contributed by atoms with E-state index < -0.39 is 0 Å². The second-order valence-corrected chi connectivity index (χ2v) is 4.17. The molecule has 3 aromatic rings. The largest absolute Gasteiger partial charge is 0.365 e. The maximum Gasteiger partial charge on any atom is 0.153 e. The van der Waals surface area contributed by atoms with Crippen LogP contribution in [0.2, 0.25) is 0 Å². The summed E-state index contributed by atoms with van der Waals surface area (Å²) in [4.78, 5) is 8.32. The minimum atomic E-state index is 0.420. The highest BCUT2D eigenvalue weighted by molar-refractivity contribution is 5.45. The average Bonchev–Trinajstić information content (AvgIpc) is 2.88. The van der Waals surface area contributed by atoms with Crippen molar-refractivity contribution in [1.29, 1.82) is 0 Å². The fourth-order valence-electron chi connectivity index (χ4n) is 1.82. The number of hydrogen-bond acceptors (Lipinski definition) is 5. The number of nitrogens with zero attached hydrogens (tertiary/aromatic N) is 4. The van der Waals surface area contributed by atoms with E-state index in [-0.39, 0.29) is 0 Å². The van der Waals surface area contributed by atoms with Gasteiger partial charge in [-0.15, -0.1) is 5.10 Å². The summed E-state index contributed by atoms with van der Waals surface area (Å²) < 4.78 is 1.73. The van der Waals surface area contributed by atoms with E-state index in [1.807, 2.05) is 30.5 Å². The summed E-state index contributed by atoms with van der Waals surface area (Å²) in [6, 6.07) is 7.76. The highest BCUT2D eigenvalue weighted by Crippen LogP contribution is 2.09. The molecule has 0 saturated carbocycles. The van der Waals surface area contributed by atoms with Crippen LogP contribution in [0, 0.1) is 0 Å². The fraction of sp³-hybridized carbons (Fsp3) is 0.154. The third-order valence-corrected chi connectivity index (χ3v) is 2.80. The molecule has 0 atom stereocenters. The number of fused-ring (bicyclic) bond motifs is 1. The van der Waals surface area contributed by atoms with Crippen LogP contribution in [0.5, 0.6) is 0 Å². The summed E-state index contributed by atoms with van der Waals surface area (Å²) in [7, 11) is 0. The van der Waals surface area contributed by atoms with Crippen molar-refractivity contribution in [2.75, 3.05) is 5.32 Å². The smallest absolute Gasteiger partial charge is 0.153 e. The molecule has 0 fully saturated rings. The van der Waals surface area contributed by atoms with Crippen LogP contribution in [-0.2, 0) is 13.1 Å². The molecular weight excluding hydrogens is 240 g/mol. The van der Waals surface area contributed by atoms with E-state index in [0.29, 0.717) is 13.1 Å². The molecule has 0 aromatic carbocycles. The number of nitrogens with two attached hydrogens (primary N) is 1. The predicted octanol–water partition coefficient (Wildman–Crippen LogP) is 1.20. The molecule has 0 aliphatic heterocycles. The highest BCUT2D eigenvalue weighted by atomic mass is 15.3. The Labute approximate surface area is 110 Å². The first-order chi connectivity index (χ1) is 9.35. The van der Waals surface area contributed by atoms with E-state index in [9.17, 15) is 0 Å². The number of pyridine rings is 1. The summed E-state index contributed by atoms with van der Waals surface area (Å²) in [5.41, 5.74) is 8.35. The Kier molecular flexibility index (Phi) is 3.07. The van der Waals surface area contributed by atoms with Crippen molar-refractivity contribution in [2.24, 2.45) is 5.73 Å². The van der Waals surface area contributed by atoms with Crippen LogP contribution in [0.15, 0.2) is 42.9 Å². The molecule has 6 heteroatoms. The molecule has 0 bridgehead atoms. The first-order valence-electron chi connectivity index (χ1n) is 6.03. The molecule has 6 nitrogen and oxygen atoms in total. The van der Waals surface area contributed by atoms with E-state index in [1.54, 1.807) is 16.9 Å². The lowest BCUT2D eigenvalue weighted by Crippen LogP contribution is -2.03. The summed E-state index contributed by atoms with van der Waals surface area (Å²) in [5.74, 6) is 0.797. The standard InChI is InChI=1S/C13H14N6/c14-7-11-9-19-13(17-11)2-1-12(18-19)16-8-10-3-5-15-6-4-10/h1-6,9H,7-8,14H2,(H,16,18). The van der Waals surface area contributed by atoms with Gasteiger partial charge in [0.15, 0.2) is 5.65 Å². The van der Waals surface area contributed by atoms with Crippen LogP contribution < -0.4 is 11.1 Å². The topological polar surface area (TPSA) is 81.1 Å². The van der Waals surface area contributed by atoms with Gasteiger partial charge in [0.1, 0.15) is 5.82 Å². The minimum Gasteiger partial charge on any atom is -0.365 e. The van der Waals surface area contributed by atoms with Crippen molar-refractivity contribution in [3.8, 4) is 0 Å². The van der Waals surface area contributed by atoms with Crippen molar-refractivity contribution in [3.63, 3.8) is 0 Å². The molecule has 0 amide bonds. The van der Waals surface area contributed by atoms with Crippen LogP contribution >= 0.6 is 0 Å². The Morgan fingerprint density at radius 3 is 2.79 bits per heavy atom. The molecule has 0 spiro atoms. The molecule has 3 heterocycles. The monoisotopic (exact) mass is 254 g/mol. The van der Waals surface area contributed by atoms with Crippen LogP contribution in [0.3, 0.4) is 0 Å². The lowest BCUT2D eigenvalue weighted by Gasteiger charge is -2.05. The van der Waals surface area contributed by atoms with Gasteiger partial charge in [-0.3, -0.25) is 4.98 Å². The molecule has 3 N–H and O–H groups in total. The van der Waals surface area contributed by atoms with Crippen molar-refractivity contribution in [2.45, 2.75) is 13.1 Å². The second kappa shape index (κ2) is 5.03. The van der Waals surface area contributed by atoms with Gasteiger partial charge in [0.25, 0.3) is 0 Å². The fourth-order valence-corrected chi connectivity index (χ4v) is 1.82. The quantitative estimate of drug-likeness (QED) is 0.731. The molecule has 0 radical (unpaired) electrons. The molecule has 3 rings (SSSR count). The van der Waals surface area contributed by atoms with Crippen molar-refractivity contribution >= 4 is 11.5 Å². The number of anilines is 1. The molecule has 96 valence electrons. The molecule has 3 aromatic heterocycles. The zero-order chi connectivity index (χ0) is 13.1. The van der Waals surface area contributed by atoms with Gasteiger partial charge in [-0.25, -0.2) is 9.50 Å². The van der Waals surface area contributed by atoms with Crippen LogP contribution in [-0.4, -0.2) is 19.6 Å². The summed E-state index contributed by atoms with van der Waals surface area (Å²) >= 11 is 0. The third-order valence-electron chi connectivity index (χ3n) is 2.80. The first kappa shape index (κ1) is 11.6. The number of rotatable bonds is 4. The Hall–Kier alpha value is -2.47. The first-order valence-corrected chi connectivity index (χ1v) is 6.03. The van der Waals surface area contributed by atoms with Gasteiger partial charge in [0.2, 0.25) is 0 Å². The number of nitrogens with one attached hydrogen (secondary N) is 1. The van der Waals surface area contributed by atoms with Gasteiger partial charge in [-0.1, -0.05) is 0 Å². The SMILES string of the molecule is NCc1cn2nc(NCc3ccncc3)ccc2n1. The van der Waals surface area contributed by atoms with E-state index in [4.69, 9.17) is 5.73 Å². The normalized spacial score (nSPS) is 10.8. The molecule has 19 heavy (non-hydrogen) atoms. The third kappa shape index (κ3) is 2.53. The predicted molar refractivity (Wildman–Crippen MR) is 72.4 cm³/mol. The Morgan fingerprint density at radius 2 is 2.00 bits per heavy atom. The van der Waals surface area contributed by atoms with E-state index in [1.165, 1.54) is 0 Å². The van der Waals surface area contributed by atoms with Gasteiger partial charge in [0.05, 0.1) is 11.9 Å². The van der Waals surface area contributed by atoms with Gasteiger partial charge >= 0.3 is 0 Å². The molecular formula is C13H14N6. The van der Waals surface area contributed by atoms with E-state index in [0.717, 1.165) is 22.7 Å². The van der Waals surface area contributed by atoms with Gasteiger partial charge < -0.3 is 11.1 Å². The summed E-state index contributed by atoms with van der Waals surface area (Å²) in [5, 5.41) is 7.69. The van der Waals surface area contributed by atoms with Crippen LogP contribution in [0.4, 0.5) is 5.82 Å². The van der Waals surface area contributed by atoms with Gasteiger partial charge in [-0.05, 0) is 29.8 Å². The van der Waals surface area contributed by atoms with Gasteiger partial charge in [-0.2, -0.15) is 0 Å². The maximum atomic E-state index is 5.56. The number of aromatic nitrogens is 4. The molecule has 0 unspecified atom stereocenters. The minimum absolute atomic E-state index is 0.420. The highest BCUT2D eigenvalue weighted by Gasteiger charge is 2.02. The van der Waals surface area contributed by atoms with Gasteiger partial charge in [0, 0.05) is 25.5 Å². The molecule has 0 aliphatic rings.